The Balaban J connectivity index is 1.55. The van der Waals surface area contributed by atoms with Crippen molar-refractivity contribution in [3.8, 4) is 0 Å². The molecule has 0 fully saturated rings. The minimum Gasteiger partial charge on any atom is -0.464 e. The first-order valence-electron chi connectivity index (χ1n) is 9.40. The second-order valence-corrected chi connectivity index (χ2v) is 6.46. The molecular formula is C22H28N2O4. The molecule has 6 heteroatoms. The van der Waals surface area contributed by atoms with E-state index in [2.05, 4.69) is 0 Å². The van der Waals surface area contributed by atoms with Gasteiger partial charge in [-0.15, -0.1) is 0 Å². The Morgan fingerprint density at radius 1 is 0.679 bits per heavy atom. The summed E-state index contributed by atoms with van der Waals surface area (Å²) in [5.41, 5.74) is 2.12. The van der Waals surface area contributed by atoms with Crippen molar-refractivity contribution in [2.24, 2.45) is 0 Å². The van der Waals surface area contributed by atoms with Crippen LogP contribution in [0.1, 0.15) is 12.8 Å². The van der Waals surface area contributed by atoms with Crippen LogP contribution in [0.3, 0.4) is 0 Å². The number of esters is 2. The zero-order valence-corrected chi connectivity index (χ0v) is 16.5. The Kier molecular flexibility index (Phi) is 8.85. The number of likely N-dealkylation sites (N-methyl/N-ethyl adjacent to an activating group) is 2. The maximum absolute atomic E-state index is 11.8. The fourth-order valence-corrected chi connectivity index (χ4v) is 2.56. The van der Waals surface area contributed by atoms with E-state index < -0.39 is 0 Å². The Morgan fingerprint density at radius 3 is 1.39 bits per heavy atom. The summed E-state index contributed by atoms with van der Waals surface area (Å²) in [7, 11) is 3.87. The van der Waals surface area contributed by atoms with Gasteiger partial charge in [0, 0.05) is 25.5 Å². The summed E-state index contributed by atoms with van der Waals surface area (Å²) in [6.07, 6.45) is 0.0603. The molecule has 2 aromatic rings. The summed E-state index contributed by atoms with van der Waals surface area (Å²) < 4.78 is 10.4. The van der Waals surface area contributed by atoms with Crippen LogP contribution in [0.4, 0.5) is 11.4 Å². The number of hydrogen-bond acceptors (Lipinski definition) is 6. The second-order valence-electron chi connectivity index (χ2n) is 6.46. The average Bonchev–Trinajstić information content (AvgIpc) is 2.73. The quantitative estimate of drug-likeness (QED) is 0.555. The Hall–Kier alpha value is -3.02. The van der Waals surface area contributed by atoms with Gasteiger partial charge in [0.15, 0.2) is 0 Å². The van der Waals surface area contributed by atoms with Gasteiger partial charge in [0.1, 0.15) is 13.2 Å². The third-order valence-electron chi connectivity index (χ3n) is 4.31. The maximum Gasteiger partial charge on any atom is 0.306 e. The van der Waals surface area contributed by atoms with E-state index in [4.69, 9.17) is 9.47 Å². The molecule has 0 amide bonds. The van der Waals surface area contributed by atoms with Gasteiger partial charge in [0.25, 0.3) is 0 Å². The van der Waals surface area contributed by atoms with Gasteiger partial charge < -0.3 is 19.3 Å². The van der Waals surface area contributed by atoms with Crippen LogP contribution in [-0.4, -0.2) is 52.3 Å². The van der Waals surface area contributed by atoms with Crippen molar-refractivity contribution in [1.82, 2.24) is 0 Å². The molecular weight excluding hydrogens is 356 g/mol. The lowest BCUT2D eigenvalue weighted by molar-refractivity contribution is -0.150. The number of carbonyl (C=O) groups excluding carboxylic acids is 2. The van der Waals surface area contributed by atoms with Gasteiger partial charge in [0.2, 0.25) is 0 Å². The predicted octanol–water partition coefficient (Wildman–Crippen LogP) is 3.13. The van der Waals surface area contributed by atoms with E-state index in [9.17, 15) is 9.59 Å². The van der Waals surface area contributed by atoms with Gasteiger partial charge in [-0.05, 0) is 24.3 Å². The number of anilines is 2. The number of ether oxygens (including phenoxy) is 2. The Morgan fingerprint density at radius 2 is 1.04 bits per heavy atom. The largest absolute Gasteiger partial charge is 0.464 e. The molecule has 0 unspecified atom stereocenters. The van der Waals surface area contributed by atoms with E-state index in [-0.39, 0.29) is 38.0 Å². The molecule has 0 bridgehead atoms. The minimum atomic E-state index is -0.389. The summed E-state index contributed by atoms with van der Waals surface area (Å²) in [6.45, 7) is 1.74. The molecule has 0 aliphatic carbocycles. The number of para-hydroxylation sites is 2. The first kappa shape index (κ1) is 21.3. The number of nitrogens with zero attached hydrogens (tertiary/aromatic N) is 2. The number of benzene rings is 2. The molecule has 28 heavy (non-hydrogen) atoms. The van der Waals surface area contributed by atoms with Crippen molar-refractivity contribution in [2.75, 3.05) is 50.2 Å². The van der Waals surface area contributed by atoms with Gasteiger partial charge >= 0.3 is 11.9 Å². The molecule has 0 heterocycles. The summed E-state index contributed by atoms with van der Waals surface area (Å²) in [5, 5.41) is 0. The third-order valence-corrected chi connectivity index (χ3v) is 4.31. The molecule has 0 atom stereocenters. The molecule has 0 saturated heterocycles. The highest BCUT2D eigenvalue weighted by atomic mass is 16.5. The standard InChI is InChI=1S/C22H28N2O4/c1-23(19-9-5-3-6-10-19)15-17-27-21(25)13-14-22(26)28-18-16-24(2)20-11-7-4-8-12-20/h3-12H,13-18H2,1-2H3. The summed E-state index contributed by atoms with van der Waals surface area (Å²) >= 11 is 0. The van der Waals surface area contributed by atoms with Crippen LogP contribution in [-0.2, 0) is 19.1 Å². The van der Waals surface area contributed by atoms with Gasteiger partial charge in [-0.25, -0.2) is 0 Å². The maximum atomic E-state index is 11.8. The van der Waals surface area contributed by atoms with Crippen LogP contribution < -0.4 is 9.80 Å². The zero-order chi connectivity index (χ0) is 20.2. The van der Waals surface area contributed by atoms with E-state index in [1.807, 2.05) is 84.6 Å². The van der Waals surface area contributed by atoms with Crippen molar-refractivity contribution in [1.29, 1.82) is 0 Å². The van der Waals surface area contributed by atoms with Crippen LogP contribution in [0.5, 0.6) is 0 Å². The Labute approximate surface area is 166 Å². The molecule has 0 aromatic heterocycles. The number of carbonyl (C=O) groups is 2. The number of hydrogen-bond donors (Lipinski definition) is 0. The van der Waals surface area contributed by atoms with Gasteiger partial charge in [-0.3, -0.25) is 9.59 Å². The van der Waals surface area contributed by atoms with E-state index in [0.29, 0.717) is 13.1 Å². The topological polar surface area (TPSA) is 59.1 Å². The minimum absolute atomic E-state index is 0.0302. The third kappa shape index (κ3) is 7.70. The van der Waals surface area contributed by atoms with Crippen LogP contribution in [0.25, 0.3) is 0 Å². The highest BCUT2D eigenvalue weighted by Gasteiger charge is 2.10. The molecule has 150 valence electrons. The SMILES string of the molecule is CN(CCOC(=O)CCC(=O)OCCN(C)c1ccccc1)c1ccccc1. The first-order chi connectivity index (χ1) is 13.6. The van der Waals surface area contributed by atoms with Crippen LogP contribution in [0, 0.1) is 0 Å². The Bertz CT molecular complexity index is 658. The summed E-state index contributed by atoms with van der Waals surface area (Å²) in [5.74, 6) is -0.778. The molecule has 0 aliphatic heterocycles. The normalized spacial score (nSPS) is 10.2. The first-order valence-corrected chi connectivity index (χ1v) is 9.40. The monoisotopic (exact) mass is 384 g/mol. The highest BCUT2D eigenvalue weighted by molar-refractivity contribution is 5.77. The molecule has 6 nitrogen and oxygen atoms in total. The van der Waals surface area contributed by atoms with Crippen molar-refractivity contribution >= 4 is 23.3 Å². The van der Waals surface area contributed by atoms with E-state index in [0.717, 1.165) is 11.4 Å². The van der Waals surface area contributed by atoms with E-state index >= 15 is 0 Å². The van der Waals surface area contributed by atoms with Crippen LogP contribution >= 0.6 is 0 Å². The second kappa shape index (κ2) is 11.6. The summed E-state index contributed by atoms with van der Waals surface area (Å²) in [6, 6.07) is 19.7. The van der Waals surface area contributed by atoms with Crippen molar-refractivity contribution in [3.05, 3.63) is 60.7 Å². The fraction of sp³-hybridized carbons (Fsp3) is 0.364. The number of rotatable bonds is 11. The molecule has 0 aliphatic rings. The summed E-state index contributed by atoms with van der Waals surface area (Å²) in [4.78, 5) is 27.6. The highest BCUT2D eigenvalue weighted by Crippen LogP contribution is 2.11. The molecule has 2 rings (SSSR count). The van der Waals surface area contributed by atoms with Gasteiger partial charge in [0.05, 0.1) is 25.9 Å². The molecule has 2 aromatic carbocycles. The van der Waals surface area contributed by atoms with Crippen LogP contribution in [0.2, 0.25) is 0 Å². The fourth-order valence-electron chi connectivity index (χ4n) is 2.56. The van der Waals surface area contributed by atoms with E-state index in [1.165, 1.54) is 0 Å². The molecule has 0 N–H and O–H groups in total. The zero-order valence-electron chi connectivity index (χ0n) is 16.5. The molecule has 0 radical (unpaired) electrons. The van der Waals surface area contributed by atoms with E-state index in [1.54, 1.807) is 0 Å². The van der Waals surface area contributed by atoms with Crippen LogP contribution in [0.15, 0.2) is 60.7 Å². The predicted molar refractivity (Wildman–Crippen MR) is 111 cm³/mol. The lowest BCUT2D eigenvalue weighted by atomic mass is 10.3. The lowest BCUT2D eigenvalue weighted by Gasteiger charge is -2.19. The molecule has 0 spiro atoms. The molecule has 0 saturated carbocycles. The van der Waals surface area contributed by atoms with Gasteiger partial charge in [-0.1, -0.05) is 36.4 Å². The van der Waals surface area contributed by atoms with Crippen molar-refractivity contribution < 1.29 is 19.1 Å². The lowest BCUT2D eigenvalue weighted by Crippen LogP contribution is -2.25. The smallest absolute Gasteiger partial charge is 0.306 e. The van der Waals surface area contributed by atoms with Gasteiger partial charge in [-0.2, -0.15) is 0 Å². The van der Waals surface area contributed by atoms with Crippen molar-refractivity contribution in [3.63, 3.8) is 0 Å². The average molecular weight is 384 g/mol. The van der Waals surface area contributed by atoms with Crippen molar-refractivity contribution in [2.45, 2.75) is 12.8 Å².